The zero-order valence-electron chi connectivity index (χ0n) is 11.0. The molecule has 2 rings (SSSR count). The minimum absolute atomic E-state index is 0.295. The average Bonchev–Trinajstić information content (AvgIpc) is 2.26. The number of rotatable bonds is 3. The van der Waals surface area contributed by atoms with E-state index in [0.717, 1.165) is 16.3 Å². The number of halogens is 3. The Morgan fingerprint density at radius 1 is 1.00 bits per heavy atom. The van der Waals surface area contributed by atoms with Gasteiger partial charge in [-0.15, -0.1) is 0 Å². The van der Waals surface area contributed by atoms with Crippen LogP contribution in [0.25, 0.3) is 10.8 Å². The summed E-state index contributed by atoms with van der Waals surface area (Å²) in [4.78, 5) is 1.27. The van der Waals surface area contributed by atoms with Crippen molar-refractivity contribution in [1.29, 1.82) is 0 Å². The van der Waals surface area contributed by atoms with E-state index in [9.17, 15) is 13.2 Å². The topological polar surface area (TPSA) is 3.24 Å². The lowest BCUT2D eigenvalue weighted by atomic mass is 10.0. The fraction of sp³-hybridized carbons (Fsp3) is 0.333. The minimum atomic E-state index is -4.15. The van der Waals surface area contributed by atoms with Crippen molar-refractivity contribution < 1.29 is 13.2 Å². The fourth-order valence-electron chi connectivity index (χ4n) is 2.19. The molecule has 4 heteroatoms. The van der Waals surface area contributed by atoms with Gasteiger partial charge in [0.15, 0.2) is 0 Å². The number of benzene rings is 2. The molecule has 0 heterocycles. The molecule has 0 radical (unpaired) electrons. The summed E-state index contributed by atoms with van der Waals surface area (Å²) in [6.07, 6.45) is -4.15. The van der Waals surface area contributed by atoms with Gasteiger partial charge in [0.1, 0.15) is 0 Å². The summed E-state index contributed by atoms with van der Waals surface area (Å²) in [7, 11) is 1.48. The smallest absolute Gasteiger partial charge is 0.294 e. The maximum atomic E-state index is 12.3. The standard InChI is InChI=1S/C15H16F3N/c1-11-3-5-14-8-12(4-6-13(14)7-11)9-19(2)10-15(16,17)18/h3-8H,9-10H2,1-2H3. The van der Waals surface area contributed by atoms with Gasteiger partial charge in [0.25, 0.3) is 0 Å². The number of fused-ring (bicyclic) bond motifs is 1. The van der Waals surface area contributed by atoms with Crippen LogP contribution >= 0.6 is 0 Å². The molecule has 0 amide bonds. The number of alkyl halides is 3. The van der Waals surface area contributed by atoms with Gasteiger partial charge in [-0.2, -0.15) is 13.2 Å². The third-order valence-electron chi connectivity index (χ3n) is 2.96. The highest BCUT2D eigenvalue weighted by Gasteiger charge is 2.28. The molecule has 19 heavy (non-hydrogen) atoms. The van der Waals surface area contributed by atoms with Crippen LogP contribution in [0, 0.1) is 6.92 Å². The minimum Gasteiger partial charge on any atom is -0.294 e. The molecule has 0 aromatic heterocycles. The van der Waals surface area contributed by atoms with Crippen molar-refractivity contribution in [3.63, 3.8) is 0 Å². The highest BCUT2D eigenvalue weighted by atomic mass is 19.4. The van der Waals surface area contributed by atoms with Gasteiger partial charge >= 0.3 is 6.18 Å². The van der Waals surface area contributed by atoms with Crippen molar-refractivity contribution >= 4 is 10.8 Å². The van der Waals surface area contributed by atoms with Crippen molar-refractivity contribution in [1.82, 2.24) is 4.90 Å². The molecule has 0 aliphatic heterocycles. The number of nitrogens with zero attached hydrogens (tertiary/aromatic N) is 1. The molecule has 0 aliphatic rings. The summed E-state index contributed by atoms with van der Waals surface area (Å²) < 4.78 is 36.8. The largest absolute Gasteiger partial charge is 0.401 e. The maximum absolute atomic E-state index is 12.3. The summed E-state index contributed by atoms with van der Waals surface area (Å²) >= 11 is 0. The lowest BCUT2D eigenvalue weighted by Crippen LogP contribution is -2.30. The van der Waals surface area contributed by atoms with E-state index in [1.54, 1.807) is 0 Å². The van der Waals surface area contributed by atoms with Crippen molar-refractivity contribution in [2.45, 2.75) is 19.6 Å². The van der Waals surface area contributed by atoms with E-state index in [2.05, 4.69) is 6.07 Å². The fourth-order valence-corrected chi connectivity index (χ4v) is 2.19. The Morgan fingerprint density at radius 3 is 2.32 bits per heavy atom. The molecule has 0 saturated heterocycles. The van der Waals surface area contributed by atoms with Crippen LogP contribution in [-0.2, 0) is 6.54 Å². The monoisotopic (exact) mass is 267 g/mol. The van der Waals surface area contributed by atoms with Gasteiger partial charge in [-0.05, 0) is 36.4 Å². The molecule has 102 valence electrons. The molecule has 0 aliphatic carbocycles. The molecule has 0 N–H and O–H groups in total. The Labute approximate surface area is 110 Å². The third kappa shape index (κ3) is 3.96. The number of aryl methyl sites for hydroxylation is 1. The van der Waals surface area contributed by atoms with E-state index < -0.39 is 12.7 Å². The molecule has 0 saturated carbocycles. The first-order valence-corrected chi connectivity index (χ1v) is 6.08. The summed E-state index contributed by atoms with van der Waals surface area (Å²) in [5.41, 5.74) is 2.07. The second-order valence-electron chi connectivity index (χ2n) is 4.97. The van der Waals surface area contributed by atoms with Crippen LogP contribution in [-0.4, -0.2) is 24.7 Å². The predicted molar refractivity (Wildman–Crippen MR) is 71.1 cm³/mol. The molecular formula is C15H16F3N. The lowest BCUT2D eigenvalue weighted by molar-refractivity contribution is -0.144. The Kier molecular flexibility index (Phi) is 3.80. The Bertz CT molecular complexity index is 575. The van der Waals surface area contributed by atoms with Crippen molar-refractivity contribution in [2.24, 2.45) is 0 Å². The summed E-state index contributed by atoms with van der Waals surface area (Å²) in [5, 5.41) is 2.17. The summed E-state index contributed by atoms with van der Waals surface area (Å²) in [5.74, 6) is 0. The van der Waals surface area contributed by atoms with Gasteiger partial charge in [0, 0.05) is 6.54 Å². The average molecular weight is 267 g/mol. The van der Waals surface area contributed by atoms with Gasteiger partial charge in [0.2, 0.25) is 0 Å². The molecule has 2 aromatic rings. The normalized spacial score (nSPS) is 12.3. The molecule has 0 fully saturated rings. The van der Waals surface area contributed by atoms with Gasteiger partial charge in [-0.1, -0.05) is 35.9 Å². The van der Waals surface area contributed by atoms with E-state index in [0.29, 0.717) is 6.54 Å². The summed E-state index contributed by atoms with van der Waals surface area (Å²) in [6, 6.07) is 11.9. The molecule has 2 aromatic carbocycles. The van der Waals surface area contributed by atoms with Crippen LogP contribution in [0.1, 0.15) is 11.1 Å². The van der Waals surface area contributed by atoms with E-state index in [1.165, 1.54) is 17.5 Å². The van der Waals surface area contributed by atoms with Gasteiger partial charge in [-0.3, -0.25) is 4.90 Å². The van der Waals surface area contributed by atoms with Crippen LogP contribution in [0.5, 0.6) is 0 Å². The first-order chi connectivity index (χ1) is 8.83. The van der Waals surface area contributed by atoms with Gasteiger partial charge in [-0.25, -0.2) is 0 Å². The van der Waals surface area contributed by atoms with E-state index >= 15 is 0 Å². The molecule has 0 atom stereocenters. The first-order valence-electron chi connectivity index (χ1n) is 6.08. The van der Waals surface area contributed by atoms with E-state index in [1.807, 2.05) is 37.3 Å². The van der Waals surface area contributed by atoms with Crippen LogP contribution in [0.2, 0.25) is 0 Å². The highest BCUT2D eigenvalue weighted by Crippen LogP contribution is 2.20. The molecule has 1 nitrogen and oxygen atoms in total. The second-order valence-corrected chi connectivity index (χ2v) is 4.97. The Balaban J connectivity index is 2.15. The van der Waals surface area contributed by atoms with Crippen molar-refractivity contribution in [3.05, 3.63) is 47.5 Å². The van der Waals surface area contributed by atoms with Crippen LogP contribution < -0.4 is 0 Å². The molecule has 0 bridgehead atoms. The molecular weight excluding hydrogens is 251 g/mol. The van der Waals surface area contributed by atoms with Gasteiger partial charge in [0.05, 0.1) is 6.54 Å². The zero-order chi connectivity index (χ0) is 14.0. The van der Waals surface area contributed by atoms with E-state index in [4.69, 9.17) is 0 Å². The lowest BCUT2D eigenvalue weighted by Gasteiger charge is -2.18. The maximum Gasteiger partial charge on any atom is 0.401 e. The predicted octanol–water partition coefficient (Wildman–Crippen LogP) is 4.14. The quantitative estimate of drug-likeness (QED) is 0.807. The van der Waals surface area contributed by atoms with E-state index in [-0.39, 0.29) is 0 Å². The SMILES string of the molecule is Cc1ccc2cc(CN(C)CC(F)(F)F)ccc2c1. The van der Waals surface area contributed by atoms with Crippen molar-refractivity contribution in [3.8, 4) is 0 Å². The molecule has 0 unspecified atom stereocenters. The Morgan fingerprint density at radius 2 is 1.63 bits per heavy atom. The van der Waals surface area contributed by atoms with Gasteiger partial charge < -0.3 is 0 Å². The van der Waals surface area contributed by atoms with Crippen LogP contribution in [0.15, 0.2) is 36.4 Å². The van der Waals surface area contributed by atoms with Crippen LogP contribution in [0.4, 0.5) is 13.2 Å². The van der Waals surface area contributed by atoms with Crippen LogP contribution in [0.3, 0.4) is 0 Å². The third-order valence-corrected chi connectivity index (χ3v) is 2.96. The Hall–Kier alpha value is -1.55. The molecule has 0 spiro atoms. The summed E-state index contributed by atoms with van der Waals surface area (Å²) in [6.45, 7) is 1.42. The highest BCUT2D eigenvalue weighted by molar-refractivity contribution is 5.83. The zero-order valence-corrected chi connectivity index (χ0v) is 11.0. The number of hydrogen-bond donors (Lipinski definition) is 0. The second kappa shape index (κ2) is 5.21. The number of hydrogen-bond acceptors (Lipinski definition) is 1. The van der Waals surface area contributed by atoms with Crippen molar-refractivity contribution in [2.75, 3.05) is 13.6 Å². The first kappa shape index (κ1) is 13.9.